The molecule has 0 atom stereocenters. The van der Waals surface area contributed by atoms with Crippen LogP contribution >= 0.6 is 0 Å². The number of aromatic nitrogens is 4. The predicted molar refractivity (Wildman–Crippen MR) is 196 cm³/mol. The van der Waals surface area contributed by atoms with Crippen LogP contribution in [0.15, 0.2) is 152 Å². The molecule has 0 aliphatic carbocycles. The summed E-state index contributed by atoms with van der Waals surface area (Å²) in [5.74, 6) is 0.491. The summed E-state index contributed by atoms with van der Waals surface area (Å²) in [7, 11) is 0. The van der Waals surface area contributed by atoms with Crippen molar-refractivity contribution < 1.29 is 0 Å². The van der Waals surface area contributed by atoms with Crippen molar-refractivity contribution in [1.29, 1.82) is 5.26 Å². The second-order valence-electron chi connectivity index (χ2n) is 12.2. The molecular weight excluding hydrogens is 587 g/mol. The van der Waals surface area contributed by atoms with Crippen molar-refractivity contribution in [3.63, 3.8) is 0 Å². The average molecular weight is 612 g/mol. The van der Waals surface area contributed by atoms with Gasteiger partial charge >= 0.3 is 0 Å². The van der Waals surface area contributed by atoms with Gasteiger partial charge in [-0.2, -0.15) is 5.26 Å². The molecule has 0 radical (unpaired) electrons. The van der Waals surface area contributed by atoms with E-state index in [4.69, 9.17) is 9.97 Å². The summed E-state index contributed by atoms with van der Waals surface area (Å²) in [5.41, 5.74) is 8.86. The Hall–Kier alpha value is -6.77. The molecule has 0 bridgehead atoms. The lowest BCUT2D eigenvalue weighted by molar-refractivity contribution is 1.00. The summed E-state index contributed by atoms with van der Waals surface area (Å²) >= 11 is 0. The van der Waals surface area contributed by atoms with Crippen molar-refractivity contribution >= 4 is 65.3 Å². The highest BCUT2D eigenvalue weighted by atomic mass is 15.2. The molecule has 0 saturated heterocycles. The lowest BCUT2D eigenvalue weighted by Crippen LogP contribution is -2.03. The Bertz CT molecular complexity index is 2960. The van der Waals surface area contributed by atoms with Crippen LogP contribution in [0.4, 0.5) is 0 Å². The first kappa shape index (κ1) is 26.4. The number of nitrogens with zero attached hydrogens (tertiary/aromatic N) is 5. The van der Waals surface area contributed by atoms with E-state index in [2.05, 4.69) is 137 Å². The zero-order valence-corrected chi connectivity index (χ0v) is 25.7. The van der Waals surface area contributed by atoms with E-state index in [-0.39, 0.29) is 0 Å². The minimum absolute atomic E-state index is 0.369. The van der Waals surface area contributed by atoms with Crippen LogP contribution in [0.5, 0.6) is 0 Å². The standard InChI is InChI=1S/C43H25N5/c44-26-37-33-15-6-8-16-36(33)45-43(46-37)48-38-17-9-7-14-32(38)35-24-28(20-22-39(35)48)29-18-21-34-41(25-29)47(30-11-2-1-3-12-30)40-23-19-27-10-4-5-13-31(27)42(34)40/h1-25H. The van der Waals surface area contributed by atoms with Crippen LogP contribution in [-0.2, 0) is 0 Å². The van der Waals surface area contributed by atoms with E-state index in [0.717, 1.165) is 49.5 Å². The summed E-state index contributed by atoms with van der Waals surface area (Å²) in [6, 6.07) is 55.4. The van der Waals surface area contributed by atoms with Crippen molar-refractivity contribution in [2.45, 2.75) is 0 Å². The van der Waals surface area contributed by atoms with Crippen LogP contribution in [0, 0.1) is 11.3 Å². The van der Waals surface area contributed by atoms with Gasteiger partial charge in [-0.3, -0.25) is 4.57 Å². The third-order valence-electron chi connectivity index (χ3n) is 9.57. The van der Waals surface area contributed by atoms with E-state index in [1.165, 1.54) is 32.6 Å². The molecule has 0 aliphatic rings. The maximum Gasteiger partial charge on any atom is 0.236 e. The van der Waals surface area contributed by atoms with Crippen LogP contribution in [0.1, 0.15) is 5.69 Å². The third kappa shape index (κ3) is 3.78. The van der Waals surface area contributed by atoms with Gasteiger partial charge in [0, 0.05) is 32.6 Å². The third-order valence-corrected chi connectivity index (χ3v) is 9.57. The van der Waals surface area contributed by atoms with Gasteiger partial charge in [-0.15, -0.1) is 0 Å². The highest BCUT2D eigenvalue weighted by Gasteiger charge is 2.19. The molecule has 3 aromatic heterocycles. The minimum atomic E-state index is 0.369. The molecule has 0 spiro atoms. The second kappa shape index (κ2) is 10.1. The van der Waals surface area contributed by atoms with E-state index in [1.54, 1.807) is 0 Å². The Morgan fingerprint density at radius 3 is 2.02 bits per heavy atom. The molecule has 10 rings (SSSR count). The zero-order valence-electron chi connectivity index (χ0n) is 25.7. The van der Waals surface area contributed by atoms with Gasteiger partial charge in [-0.1, -0.05) is 97.1 Å². The monoisotopic (exact) mass is 611 g/mol. The summed E-state index contributed by atoms with van der Waals surface area (Å²) < 4.78 is 4.46. The van der Waals surface area contributed by atoms with Gasteiger partial charge in [-0.05, 0) is 76.5 Å². The maximum atomic E-state index is 9.96. The number of fused-ring (bicyclic) bond motifs is 9. The number of hydrogen-bond acceptors (Lipinski definition) is 3. The normalized spacial score (nSPS) is 11.7. The summed E-state index contributed by atoms with van der Waals surface area (Å²) in [6.45, 7) is 0. The molecule has 0 aliphatic heterocycles. The molecule has 10 aromatic rings. The van der Waals surface area contributed by atoms with Crippen LogP contribution in [0.2, 0.25) is 0 Å². The Labute approximate surface area is 275 Å². The van der Waals surface area contributed by atoms with E-state index in [1.807, 2.05) is 30.3 Å². The molecule has 0 N–H and O–H groups in total. The topological polar surface area (TPSA) is 59.4 Å². The average Bonchev–Trinajstić information content (AvgIpc) is 3.67. The van der Waals surface area contributed by atoms with E-state index in [0.29, 0.717) is 11.6 Å². The fraction of sp³-hybridized carbons (Fsp3) is 0. The molecule has 5 heteroatoms. The van der Waals surface area contributed by atoms with Crippen molar-refractivity contribution in [1.82, 2.24) is 19.1 Å². The number of nitriles is 1. The highest BCUT2D eigenvalue weighted by molar-refractivity contribution is 6.22. The quantitative estimate of drug-likeness (QED) is 0.200. The first-order valence-corrected chi connectivity index (χ1v) is 16.0. The van der Waals surface area contributed by atoms with Crippen LogP contribution < -0.4 is 0 Å². The fourth-order valence-electron chi connectivity index (χ4n) is 7.44. The van der Waals surface area contributed by atoms with Gasteiger partial charge in [0.05, 0.1) is 27.6 Å². The van der Waals surface area contributed by atoms with E-state index in [9.17, 15) is 5.26 Å². The van der Waals surface area contributed by atoms with Gasteiger partial charge in [0.25, 0.3) is 0 Å². The number of hydrogen-bond donors (Lipinski definition) is 0. The maximum absolute atomic E-state index is 9.96. The Morgan fingerprint density at radius 2 is 1.15 bits per heavy atom. The molecular formula is C43H25N5. The molecule has 5 nitrogen and oxygen atoms in total. The van der Waals surface area contributed by atoms with Crippen LogP contribution in [-0.4, -0.2) is 19.1 Å². The van der Waals surface area contributed by atoms with Crippen LogP contribution in [0.25, 0.3) is 88.0 Å². The molecule has 0 amide bonds. The van der Waals surface area contributed by atoms with Crippen molar-refractivity contribution in [3.05, 3.63) is 157 Å². The fourth-order valence-corrected chi connectivity index (χ4v) is 7.44. The highest BCUT2D eigenvalue weighted by Crippen LogP contribution is 2.40. The predicted octanol–water partition coefficient (Wildman–Crippen LogP) is 10.5. The molecule has 0 saturated carbocycles. The molecule has 3 heterocycles. The second-order valence-corrected chi connectivity index (χ2v) is 12.2. The Balaban J connectivity index is 1.22. The molecule has 222 valence electrons. The Kier molecular flexibility index (Phi) is 5.57. The van der Waals surface area contributed by atoms with Gasteiger partial charge in [0.2, 0.25) is 5.95 Å². The van der Waals surface area contributed by atoms with Crippen LogP contribution in [0.3, 0.4) is 0 Å². The van der Waals surface area contributed by atoms with Gasteiger partial charge in [0.1, 0.15) is 6.07 Å². The van der Waals surface area contributed by atoms with Gasteiger partial charge < -0.3 is 4.57 Å². The Morgan fingerprint density at radius 1 is 0.458 bits per heavy atom. The number of benzene rings is 7. The van der Waals surface area contributed by atoms with Crippen molar-refractivity contribution in [2.24, 2.45) is 0 Å². The largest absolute Gasteiger partial charge is 0.309 e. The minimum Gasteiger partial charge on any atom is -0.309 e. The lowest BCUT2D eigenvalue weighted by Gasteiger charge is -2.10. The molecule has 0 fully saturated rings. The van der Waals surface area contributed by atoms with Gasteiger partial charge in [0.15, 0.2) is 5.69 Å². The first-order valence-electron chi connectivity index (χ1n) is 16.0. The summed E-state index contributed by atoms with van der Waals surface area (Å²) in [4.78, 5) is 9.67. The number of para-hydroxylation sites is 3. The SMILES string of the molecule is N#Cc1nc(-n2c3ccccc3c3cc(-c4ccc5c6c7ccccc7ccc6n(-c6ccccc6)c5c4)ccc32)nc2ccccc12. The first-order chi connectivity index (χ1) is 23.8. The lowest BCUT2D eigenvalue weighted by atomic mass is 10.00. The smallest absolute Gasteiger partial charge is 0.236 e. The molecule has 0 unspecified atom stereocenters. The molecule has 7 aromatic carbocycles. The van der Waals surface area contributed by atoms with E-state index >= 15 is 0 Å². The molecule has 48 heavy (non-hydrogen) atoms. The number of rotatable bonds is 3. The van der Waals surface area contributed by atoms with Crippen molar-refractivity contribution in [2.75, 3.05) is 0 Å². The van der Waals surface area contributed by atoms with E-state index < -0.39 is 0 Å². The summed E-state index contributed by atoms with van der Waals surface area (Å²) in [5, 5.41) is 17.9. The van der Waals surface area contributed by atoms with Crippen molar-refractivity contribution in [3.8, 4) is 28.8 Å². The van der Waals surface area contributed by atoms with Gasteiger partial charge in [-0.25, -0.2) is 9.97 Å². The zero-order chi connectivity index (χ0) is 31.8. The summed E-state index contributed by atoms with van der Waals surface area (Å²) in [6.07, 6.45) is 0.